The van der Waals surface area contributed by atoms with Gasteiger partial charge in [0.1, 0.15) is 5.82 Å². The van der Waals surface area contributed by atoms with Gasteiger partial charge in [0.15, 0.2) is 0 Å². The first-order valence-electron chi connectivity index (χ1n) is 3.89. The topological polar surface area (TPSA) is 69.2 Å². The smallest absolute Gasteiger partial charge is 0.277 e. The summed E-state index contributed by atoms with van der Waals surface area (Å²) in [5.74, 6) is -0.688. The molecule has 0 aromatic heterocycles. The minimum absolute atomic E-state index is 0.132. The summed E-state index contributed by atoms with van der Waals surface area (Å²) in [4.78, 5) is 9.88. The van der Waals surface area contributed by atoms with Gasteiger partial charge in [-0.15, -0.1) is 6.58 Å². The Hall–Kier alpha value is -1.75. The third-order valence-corrected chi connectivity index (χ3v) is 1.81. The summed E-state index contributed by atoms with van der Waals surface area (Å²) >= 11 is 0. The van der Waals surface area contributed by atoms with Crippen molar-refractivity contribution in [2.45, 2.75) is 6.04 Å². The van der Waals surface area contributed by atoms with E-state index in [1.165, 1.54) is 18.2 Å². The highest BCUT2D eigenvalue weighted by molar-refractivity contribution is 5.44. The number of nitro groups is 1. The molecule has 0 bridgehead atoms. The summed E-state index contributed by atoms with van der Waals surface area (Å²) in [7, 11) is 0. The van der Waals surface area contributed by atoms with Crippen molar-refractivity contribution >= 4 is 5.69 Å². The van der Waals surface area contributed by atoms with E-state index in [1.54, 1.807) is 0 Å². The molecule has 14 heavy (non-hydrogen) atoms. The van der Waals surface area contributed by atoms with Gasteiger partial charge in [-0.3, -0.25) is 10.1 Å². The lowest BCUT2D eigenvalue weighted by atomic mass is 10.1. The minimum atomic E-state index is -0.864. The van der Waals surface area contributed by atoms with Crippen LogP contribution in [0.1, 0.15) is 11.6 Å². The van der Waals surface area contributed by atoms with Crippen LogP contribution in [0.3, 0.4) is 0 Å². The Morgan fingerprint density at radius 2 is 2.29 bits per heavy atom. The zero-order valence-corrected chi connectivity index (χ0v) is 7.31. The SMILES string of the molecule is C=C[C@@H](N)c1c(F)cccc1[N+](=O)[O-]. The number of nitro benzene ring substituents is 1. The largest absolute Gasteiger partial charge is 0.320 e. The highest BCUT2D eigenvalue weighted by Gasteiger charge is 2.21. The Morgan fingerprint density at radius 3 is 2.79 bits per heavy atom. The predicted octanol–water partition coefficient (Wildman–Crippen LogP) is 1.92. The molecule has 0 aliphatic heterocycles. The van der Waals surface area contributed by atoms with Gasteiger partial charge in [0, 0.05) is 6.07 Å². The second-order valence-corrected chi connectivity index (χ2v) is 2.69. The van der Waals surface area contributed by atoms with Crippen LogP contribution in [0.5, 0.6) is 0 Å². The highest BCUT2D eigenvalue weighted by atomic mass is 19.1. The summed E-state index contributed by atoms with van der Waals surface area (Å²) in [6.07, 6.45) is 1.26. The molecule has 0 aliphatic carbocycles. The standard InChI is InChI=1S/C9H9FN2O2/c1-2-7(11)9-6(10)4-3-5-8(9)12(13)14/h2-5,7H,1,11H2/t7-/m1/s1. The number of benzene rings is 1. The van der Waals surface area contributed by atoms with Crippen LogP contribution in [0.25, 0.3) is 0 Å². The average Bonchev–Trinajstić information content (AvgIpc) is 2.16. The second-order valence-electron chi connectivity index (χ2n) is 2.69. The van der Waals surface area contributed by atoms with Crippen LogP contribution in [0.15, 0.2) is 30.9 Å². The number of rotatable bonds is 3. The van der Waals surface area contributed by atoms with Crippen LogP contribution < -0.4 is 5.73 Å². The second kappa shape index (κ2) is 3.97. The van der Waals surface area contributed by atoms with Crippen molar-refractivity contribution in [3.8, 4) is 0 Å². The first-order chi connectivity index (χ1) is 6.57. The Morgan fingerprint density at radius 1 is 1.64 bits per heavy atom. The molecule has 4 nitrogen and oxygen atoms in total. The van der Waals surface area contributed by atoms with Crippen molar-refractivity contribution in [2.24, 2.45) is 5.73 Å². The molecule has 1 aromatic rings. The fourth-order valence-electron chi connectivity index (χ4n) is 1.13. The number of hydrogen-bond acceptors (Lipinski definition) is 3. The van der Waals surface area contributed by atoms with Crippen molar-refractivity contribution in [1.82, 2.24) is 0 Å². The van der Waals surface area contributed by atoms with Crippen LogP contribution in [0, 0.1) is 15.9 Å². The lowest BCUT2D eigenvalue weighted by Gasteiger charge is -2.07. The van der Waals surface area contributed by atoms with E-state index in [0.29, 0.717) is 0 Å². The molecule has 1 atom stereocenters. The van der Waals surface area contributed by atoms with Crippen LogP contribution in [-0.4, -0.2) is 4.92 Å². The van der Waals surface area contributed by atoms with E-state index < -0.39 is 16.8 Å². The Labute approximate surface area is 80.0 Å². The fourth-order valence-corrected chi connectivity index (χ4v) is 1.13. The monoisotopic (exact) mass is 196 g/mol. The maximum absolute atomic E-state index is 13.2. The van der Waals surface area contributed by atoms with Crippen molar-refractivity contribution in [3.63, 3.8) is 0 Å². The minimum Gasteiger partial charge on any atom is -0.320 e. The Bertz CT molecular complexity index is 379. The molecule has 5 heteroatoms. The Balaban J connectivity index is 3.36. The maximum atomic E-state index is 13.2. The molecule has 0 amide bonds. The molecule has 0 fully saturated rings. The fraction of sp³-hybridized carbons (Fsp3) is 0.111. The van der Waals surface area contributed by atoms with Crippen LogP contribution in [-0.2, 0) is 0 Å². The van der Waals surface area contributed by atoms with Crippen molar-refractivity contribution < 1.29 is 9.31 Å². The van der Waals surface area contributed by atoms with E-state index in [-0.39, 0.29) is 11.3 Å². The van der Waals surface area contributed by atoms with Crippen molar-refractivity contribution in [1.29, 1.82) is 0 Å². The van der Waals surface area contributed by atoms with E-state index in [2.05, 4.69) is 6.58 Å². The van der Waals surface area contributed by atoms with E-state index >= 15 is 0 Å². The molecular weight excluding hydrogens is 187 g/mol. The molecule has 0 saturated heterocycles. The number of hydrogen-bond donors (Lipinski definition) is 1. The average molecular weight is 196 g/mol. The van der Waals surface area contributed by atoms with Crippen molar-refractivity contribution in [2.75, 3.05) is 0 Å². The van der Waals surface area contributed by atoms with Gasteiger partial charge >= 0.3 is 0 Å². The van der Waals surface area contributed by atoms with Gasteiger partial charge in [-0.05, 0) is 6.07 Å². The van der Waals surface area contributed by atoms with Gasteiger partial charge in [-0.25, -0.2) is 4.39 Å². The summed E-state index contributed by atoms with van der Waals surface area (Å²) in [5.41, 5.74) is 5.02. The van der Waals surface area contributed by atoms with E-state index in [0.717, 1.165) is 6.07 Å². The van der Waals surface area contributed by atoms with Gasteiger partial charge in [-0.1, -0.05) is 12.1 Å². The zero-order valence-electron chi connectivity index (χ0n) is 7.31. The molecule has 0 aliphatic rings. The lowest BCUT2D eigenvalue weighted by Crippen LogP contribution is -2.11. The number of nitrogens with two attached hydrogens (primary N) is 1. The van der Waals surface area contributed by atoms with Gasteiger partial charge in [-0.2, -0.15) is 0 Å². The van der Waals surface area contributed by atoms with Crippen LogP contribution in [0.2, 0.25) is 0 Å². The predicted molar refractivity (Wildman–Crippen MR) is 50.2 cm³/mol. The third kappa shape index (κ3) is 1.77. The van der Waals surface area contributed by atoms with Crippen molar-refractivity contribution in [3.05, 3.63) is 52.3 Å². The van der Waals surface area contributed by atoms with Crippen LogP contribution in [0.4, 0.5) is 10.1 Å². The van der Waals surface area contributed by atoms with Gasteiger partial charge < -0.3 is 5.73 Å². The summed E-state index contributed by atoms with van der Waals surface area (Å²) in [6, 6.07) is 2.75. The molecule has 1 aromatic carbocycles. The molecule has 0 heterocycles. The number of nitrogens with zero attached hydrogens (tertiary/aromatic N) is 1. The first kappa shape index (κ1) is 10.3. The van der Waals surface area contributed by atoms with Gasteiger partial charge in [0.2, 0.25) is 0 Å². The maximum Gasteiger partial charge on any atom is 0.277 e. The zero-order chi connectivity index (χ0) is 10.7. The highest BCUT2D eigenvalue weighted by Crippen LogP contribution is 2.26. The summed E-state index contributed by atoms with van der Waals surface area (Å²) < 4.78 is 13.2. The molecule has 74 valence electrons. The molecule has 1 rings (SSSR count). The number of halogens is 1. The molecule has 0 spiro atoms. The molecule has 0 saturated carbocycles. The molecular formula is C9H9FN2O2. The molecule has 2 N–H and O–H groups in total. The quantitative estimate of drug-likeness (QED) is 0.456. The normalized spacial score (nSPS) is 12.1. The van der Waals surface area contributed by atoms with E-state index in [9.17, 15) is 14.5 Å². The van der Waals surface area contributed by atoms with Crippen LogP contribution >= 0.6 is 0 Å². The lowest BCUT2D eigenvalue weighted by molar-refractivity contribution is -0.385. The van der Waals surface area contributed by atoms with Gasteiger partial charge in [0.05, 0.1) is 16.5 Å². The van der Waals surface area contributed by atoms with E-state index in [1.807, 2.05) is 0 Å². The Kier molecular flexibility index (Phi) is 2.93. The molecule has 0 unspecified atom stereocenters. The van der Waals surface area contributed by atoms with E-state index in [4.69, 9.17) is 5.73 Å². The molecule has 0 radical (unpaired) electrons. The summed E-state index contributed by atoms with van der Waals surface area (Å²) in [5, 5.41) is 10.5. The first-order valence-corrected chi connectivity index (χ1v) is 3.89. The van der Waals surface area contributed by atoms with Gasteiger partial charge in [0.25, 0.3) is 5.69 Å². The summed E-state index contributed by atoms with van der Waals surface area (Å²) in [6.45, 7) is 3.36. The third-order valence-electron chi connectivity index (χ3n) is 1.81.